The first-order valence-corrected chi connectivity index (χ1v) is 7.22. The van der Waals surface area contributed by atoms with E-state index in [1.165, 1.54) is 11.8 Å². The molecule has 98 valence electrons. The molecule has 1 N–H and O–H groups in total. The van der Waals surface area contributed by atoms with E-state index in [0.29, 0.717) is 11.6 Å². The number of aromatic amines is 1. The number of nitrogens with one attached hydrogen (secondary N) is 1. The first kappa shape index (κ1) is 12.2. The van der Waals surface area contributed by atoms with Crippen molar-refractivity contribution in [1.29, 1.82) is 0 Å². The third kappa shape index (κ3) is 2.78. The molecule has 5 nitrogen and oxygen atoms in total. The van der Waals surface area contributed by atoms with Gasteiger partial charge in [-0.25, -0.2) is 9.97 Å². The van der Waals surface area contributed by atoms with Gasteiger partial charge in [0.25, 0.3) is 0 Å². The lowest BCUT2D eigenvalue weighted by Gasteiger charge is -1.90. The highest BCUT2D eigenvalue weighted by Gasteiger charge is 2.08. The van der Waals surface area contributed by atoms with E-state index in [2.05, 4.69) is 27.1 Å². The van der Waals surface area contributed by atoms with Gasteiger partial charge < -0.3 is 4.42 Å². The molecule has 0 unspecified atom stereocenters. The van der Waals surface area contributed by atoms with Gasteiger partial charge in [-0.1, -0.05) is 30.8 Å². The van der Waals surface area contributed by atoms with Crippen LogP contribution in [0, 0.1) is 0 Å². The van der Waals surface area contributed by atoms with Crippen molar-refractivity contribution in [3.63, 3.8) is 0 Å². The number of para-hydroxylation sites is 2. The van der Waals surface area contributed by atoms with E-state index in [1.807, 2.05) is 24.3 Å². The summed E-state index contributed by atoms with van der Waals surface area (Å²) < 4.78 is 5.65. The zero-order valence-electron chi connectivity index (χ0n) is 10.6. The van der Waals surface area contributed by atoms with Crippen LogP contribution >= 0.6 is 11.8 Å². The average molecular weight is 274 g/mol. The summed E-state index contributed by atoms with van der Waals surface area (Å²) in [6, 6.07) is 7.76. The molecule has 2 heterocycles. The van der Waals surface area contributed by atoms with Crippen LogP contribution in [0.5, 0.6) is 0 Å². The van der Waals surface area contributed by atoms with Crippen molar-refractivity contribution in [1.82, 2.24) is 20.2 Å². The van der Waals surface area contributed by atoms with Crippen LogP contribution in [0.4, 0.5) is 0 Å². The van der Waals surface area contributed by atoms with Crippen molar-refractivity contribution in [2.75, 3.05) is 0 Å². The Morgan fingerprint density at radius 2 is 2.16 bits per heavy atom. The van der Waals surface area contributed by atoms with E-state index in [1.54, 1.807) is 0 Å². The molecule has 0 radical (unpaired) electrons. The number of oxazole rings is 1. The summed E-state index contributed by atoms with van der Waals surface area (Å²) >= 11 is 1.53. The van der Waals surface area contributed by atoms with Gasteiger partial charge in [0.05, 0.1) is 5.75 Å². The van der Waals surface area contributed by atoms with Crippen molar-refractivity contribution in [3.8, 4) is 0 Å². The number of hydrogen-bond acceptors (Lipinski definition) is 5. The Morgan fingerprint density at radius 1 is 1.26 bits per heavy atom. The van der Waals surface area contributed by atoms with E-state index in [9.17, 15) is 0 Å². The Labute approximate surface area is 114 Å². The van der Waals surface area contributed by atoms with Gasteiger partial charge in [0.2, 0.25) is 11.0 Å². The predicted molar refractivity (Wildman–Crippen MR) is 73.9 cm³/mol. The number of nitrogens with zero attached hydrogens (tertiary/aromatic N) is 3. The molecule has 0 aliphatic rings. The molecule has 6 heteroatoms. The number of aromatic nitrogens is 4. The molecule has 2 aromatic heterocycles. The zero-order chi connectivity index (χ0) is 13.1. The smallest absolute Gasteiger partial charge is 0.208 e. The highest BCUT2D eigenvalue weighted by Crippen LogP contribution is 2.22. The van der Waals surface area contributed by atoms with Gasteiger partial charge in [0.1, 0.15) is 11.3 Å². The molecular formula is C13H14N4OS. The third-order valence-corrected chi connectivity index (χ3v) is 3.49. The molecule has 3 rings (SSSR count). The second-order valence-electron chi connectivity index (χ2n) is 4.18. The van der Waals surface area contributed by atoms with Crippen LogP contribution in [-0.2, 0) is 12.2 Å². The molecule has 0 fully saturated rings. The quantitative estimate of drug-likeness (QED) is 0.724. The summed E-state index contributed by atoms with van der Waals surface area (Å²) in [7, 11) is 0. The first-order chi connectivity index (χ1) is 9.35. The SMILES string of the molecule is CCCc1nc(SCc2nc3ccccc3o2)n[nH]1. The van der Waals surface area contributed by atoms with Crippen LogP contribution < -0.4 is 0 Å². The summed E-state index contributed by atoms with van der Waals surface area (Å²) in [6.45, 7) is 2.12. The van der Waals surface area contributed by atoms with Gasteiger partial charge in [-0.15, -0.1) is 5.10 Å². The van der Waals surface area contributed by atoms with E-state index >= 15 is 0 Å². The lowest BCUT2D eigenvalue weighted by molar-refractivity contribution is 0.556. The van der Waals surface area contributed by atoms with Crippen LogP contribution in [0.1, 0.15) is 25.1 Å². The number of thioether (sulfide) groups is 1. The van der Waals surface area contributed by atoms with Gasteiger partial charge in [0, 0.05) is 6.42 Å². The number of aryl methyl sites for hydroxylation is 1. The summed E-state index contributed by atoms with van der Waals surface area (Å²) in [6.07, 6.45) is 1.99. The molecule has 3 aromatic rings. The fraction of sp³-hybridized carbons (Fsp3) is 0.308. The average Bonchev–Trinajstić information content (AvgIpc) is 3.02. The molecule has 0 amide bonds. The molecule has 19 heavy (non-hydrogen) atoms. The normalized spacial score (nSPS) is 11.2. The topological polar surface area (TPSA) is 67.6 Å². The molecule has 0 aliphatic carbocycles. The lowest BCUT2D eigenvalue weighted by atomic mass is 10.3. The van der Waals surface area contributed by atoms with Crippen molar-refractivity contribution in [2.45, 2.75) is 30.7 Å². The Morgan fingerprint density at radius 3 is 3.00 bits per heavy atom. The molecule has 0 saturated heterocycles. The Hall–Kier alpha value is -1.82. The number of fused-ring (bicyclic) bond motifs is 1. The minimum Gasteiger partial charge on any atom is -0.440 e. The van der Waals surface area contributed by atoms with Gasteiger partial charge >= 0.3 is 0 Å². The molecule has 0 atom stereocenters. The first-order valence-electron chi connectivity index (χ1n) is 6.23. The second kappa shape index (κ2) is 5.44. The molecule has 0 saturated carbocycles. The number of rotatable bonds is 5. The summed E-state index contributed by atoms with van der Waals surface area (Å²) in [4.78, 5) is 8.81. The Bertz CT molecular complexity index is 643. The Balaban J connectivity index is 1.67. The highest BCUT2D eigenvalue weighted by molar-refractivity contribution is 7.98. The third-order valence-electron chi connectivity index (χ3n) is 2.66. The highest BCUT2D eigenvalue weighted by atomic mass is 32.2. The molecule has 0 aliphatic heterocycles. The zero-order valence-corrected chi connectivity index (χ0v) is 11.4. The van der Waals surface area contributed by atoms with Crippen molar-refractivity contribution >= 4 is 22.9 Å². The van der Waals surface area contributed by atoms with E-state index < -0.39 is 0 Å². The van der Waals surface area contributed by atoms with Crippen LogP contribution in [-0.4, -0.2) is 20.2 Å². The van der Waals surface area contributed by atoms with Crippen LogP contribution in [0.2, 0.25) is 0 Å². The summed E-state index contributed by atoms with van der Waals surface area (Å²) in [5.74, 6) is 2.27. The van der Waals surface area contributed by atoms with Gasteiger partial charge in [-0.05, 0) is 18.6 Å². The predicted octanol–water partition coefficient (Wildman–Crippen LogP) is 3.19. The van der Waals surface area contributed by atoms with Crippen LogP contribution in [0.15, 0.2) is 33.8 Å². The maximum absolute atomic E-state index is 5.65. The summed E-state index contributed by atoms with van der Waals surface area (Å²) in [5, 5.41) is 7.84. The molecular weight excluding hydrogens is 260 g/mol. The standard InChI is InChI=1S/C13H14N4OS/c1-2-5-11-15-13(17-16-11)19-8-12-14-9-6-3-4-7-10(9)18-12/h3-4,6-7H,2,5,8H2,1H3,(H,15,16,17). The van der Waals surface area contributed by atoms with E-state index in [0.717, 1.165) is 34.9 Å². The molecule has 0 bridgehead atoms. The second-order valence-corrected chi connectivity index (χ2v) is 5.12. The Kier molecular flexibility index (Phi) is 3.50. The largest absolute Gasteiger partial charge is 0.440 e. The van der Waals surface area contributed by atoms with E-state index in [4.69, 9.17) is 4.42 Å². The van der Waals surface area contributed by atoms with Crippen molar-refractivity contribution in [2.24, 2.45) is 0 Å². The minimum atomic E-state index is 0.637. The monoisotopic (exact) mass is 274 g/mol. The number of H-pyrrole nitrogens is 1. The maximum Gasteiger partial charge on any atom is 0.208 e. The van der Waals surface area contributed by atoms with Crippen molar-refractivity contribution in [3.05, 3.63) is 36.0 Å². The van der Waals surface area contributed by atoms with Gasteiger partial charge in [-0.3, -0.25) is 5.10 Å². The number of hydrogen-bond donors (Lipinski definition) is 1. The fourth-order valence-corrected chi connectivity index (χ4v) is 2.46. The number of benzene rings is 1. The fourth-order valence-electron chi connectivity index (χ4n) is 1.80. The minimum absolute atomic E-state index is 0.637. The van der Waals surface area contributed by atoms with E-state index in [-0.39, 0.29) is 0 Å². The lowest BCUT2D eigenvalue weighted by Crippen LogP contribution is -1.85. The van der Waals surface area contributed by atoms with Crippen molar-refractivity contribution < 1.29 is 4.42 Å². The summed E-state index contributed by atoms with van der Waals surface area (Å²) in [5.41, 5.74) is 1.71. The van der Waals surface area contributed by atoms with Crippen LogP contribution in [0.25, 0.3) is 11.1 Å². The van der Waals surface area contributed by atoms with Crippen LogP contribution in [0.3, 0.4) is 0 Å². The van der Waals surface area contributed by atoms with Gasteiger partial charge in [0.15, 0.2) is 5.58 Å². The maximum atomic E-state index is 5.65. The molecule has 1 aromatic carbocycles. The molecule has 0 spiro atoms. The van der Waals surface area contributed by atoms with Gasteiger partial charge in [-0.2, -0.15) is 0 Å².